The van der Waals surface area contributed by atoms with Gasteiger partial charge in [0, 0.05) is 18.4 Å². The standard InChI is InChI=1S/C16H22NO2.HI/c1-10-8-11(2)15(12(3)9-10)13-6-7-14(17(13)4)16(18)19-5;/h8-9,14H,6-7H2,1-5H3;1H/q+1;/p-1. The fraction of sp³-hybridized carbons (Fsp3) is 0.500. The van der Waals surface area contributed by atoms with E-state index in [-0.39, 0.29) is 36.0 Å². The van der Waals surface area contributed by atoms with Crippen LogP contribution in [0.15, 0.2) is 12.1 Å². The number of aryl methyl sites for hydroxylation is 3. The van der Waals surface area contributed by atoms with E-state index in [9.17, 15) is 4.79 Å². The smallest absolute Gasteiger partial charge is 0.375 e. The molecule has 1 unspecified atom stereocenters. The number of carbonyl (C=O) groups is 1. The van der Waals surface area contributed by atoms with Gasteiger partial charge in [0.05, 0.1) is 7.11 Å². The van der Waals surface area contributed by atoms with Crippen molar-refractivity contribution in [3.8, 4) is 0 Å². The van der Waals surface area contributed by atoms with Crippen LogP contribution >= 0.6 is 0 Å². The van der Waals surface area contributed by atoms with Crippen LogP contribution in [-0.4, -0.2) is 36.5 Å². The van der Waals surface area contributed by atoms with Gasteiger partial charge >= 0.3 is 5.97 Å². The quantitative estimate of drug-likeness (QED) is 0.385. The summed E-state index contributed by atoms with van der Waals surface area (Å²) in [5.74, 6) is -0.139. The second-order valence-electron chi connectivity index (χ2n) is 5.41. The first-order valence-electron chi connectivity index (χ1n) is 6.70. The maximum absolute atomic E-state index is 11.7. The van der Waals surface area contributed by atoms with Crippen LogP contribution in [0.5, 0.6) is 0 Å². The molecule has 0 amide bonds. The number of carbonyl (C=O) groups excluding carboxylic acids is 1. The van der Waals surface area contributed by atoms with Gasteiger partial charge in [-0.05, 0) is 31.9 Å². The predicted molar refractivity (Wildman–Crippen MR) is 76.0 cm³/mol. The van der Waals surface area contributed by atoms with Crippen LogP contribution in [-0.2, 0) is 9.53 Å². The van der Waals surface area contributed by atoms with Crippen LogP contribution in [0.1, 0.15) is 35.1 Å². The summed E-state index contributed by atoms with van der Waals surface area (Å²) in [6.07, 6.45) is 1.77. The average Bonchev–Trinajstić information content (AvgIpc) is 2.69. The van der Waals surface area contributed by atoms with Crippen molar-refractivity contribution >= 4 is 11.7 Å². The maximum atomic E-state index is 11.7. The Bertz CT molecular complexity index is 541. The molecular weight excluding hydrogens is 365 g/mol. The molecule has 1 aromatic carbocycles. The monoisotopic (exact) mass is 387 g/mol. The van der Waals surface area contributed by atoms with Crippen LogP contribution in [0, 0.1) is 20.8 Å². The van der Waals surface area contributed by atoms with Gasteiger partial charge < -0.3 is 28.7 Å². The van der Waals surface area contributed by atoms with E-state index in [4.69, 9.17) is 4.74 Å². The van der Waals surface area contributed by atoms with Crippen molar-refractivity contribution < 1.29 is 38.1 Å². The van der Waals surface area contributed by atoms with Gasteiger partial charge in [-0.25, -0.2) is 9.37 Å². The number of rotatable bonds is 2. The third kappa shape index (κ3) is 3.05. The van der Waals surface area contributed by atoms with Crippen molar-refractivity contribution in [2.75, 3.05) is 14.2 Å². The van der Waals surface area contributed by atoms with Gasteiger partial charge in [-0.15, -0.1) is 0 Å². The first-order valence-corrected chi connectivity index (χ1v) is 6.70. The normalized spacial score (nSPS) is 17.9. The third-order valence-electron chi connectivity index (χ3n) is 3.99. The molecule has 0 bridgehead atoms. The molecule has 110 valence electrons. The summed E-state index contributed by atoms with van der Waals surface area (Å²) in [7, 11) is 3.44. The predicted octanol–water partition coefficient (Wildman–Crippen LogP) is -0.617. The lowest BCUT2D eigenvalue weighted by molar-refractivity contribution is -0.517. The summed E-state index contributed by atoms with van der Waals surface area (Å²) in [6, 6.07) is 4.27. The Kier molecular flexibility index (Phi) is 5.74. The van der Waals surface area contributed by atoms with Gasteiger partial charge in [-0.3, -0.25) is 0 Å². The number of methoxy groups -OCH3 is 1. The van der Waals surface area contributed by atoms with E-state index in [2.05, 4.69) is 37.5 Å². The third-order valence-corrected chi connectivity index (χ3v) is 3.99. The number of nitrogens with zero attached hydrogens (tertiary/aromatic N) is 1. The molecule has 1 aliphatic heterocycles. The second kappa shape index (κ2) is 6.70. The highest BCUT2D eigenvalue weighted by molar-refractivity contribution is 6.01. The van der Waals surface area contributed by atoms with E-state index in [0.717, 1.165) is 12.8 Å². The van der Waals surface area contributed by atoms with Gasteiger partial charge in [0.25, 0.3) is 0 Å². The molecule has 0 aromatic heterocycles. The van der Waals surface area contributed by atoms with E-state index in [0.29, 0.717) is 0 Å². The van der Waals surface area contributed by atoms with Gasteiger partial charge in [-0.2, -0.15) is 0 Å². The number of esters is 1. The van der Waals surface area contributed by atoms with E-state index >= 15 is 0 Å². The van der Waals surface area contributed by atoms with E-state index in [1.54, 1.807) is 0 Å². The summed E-state index contributed by atoms with van der Waals surface area (Å²) in [5, 5.41) is 0. The van der Waals surface area contributed by atoms with Crippen molar-refractivity contribution in [3.05, 3.63) is 34.4 Å². The molecule has 0 fully saturated rings. The molecular formula is C16H22INO2. The Balaban J connectivity index is 0.00000200. The Labute approximate surface area is 138 Å². The average molecular weight is 387 g/mol. The fourth-order valence-corrected chi connectivity index (χ4v) is 3.18. The molecule has 0 aliphatic carbocycles. The summed E-state index contributed by atoms with van der Waals surface area (Å²) >= 11 is 0. The first-order chi connectivity index (χ1) is 8.95. The molecule has 0 radical (unpaired) electrons. The SMILES string of the molecule is COC(=O)C1CCC(c2c(C)cc(C)cc2C)=[N+]1C.[I-]. The van der Waals surface area contributed by atoms with Gasteiger partial charge in [0.1, 0.15) is 7.05 Å². The molecule has 0 saturated heterocycles. The Morgan fingerprint density at radius 1 is 1.25 bits per heavy atom. The molecule has 2 rings (SSSR count). The van der Waals surface area contributed by atoms with Crippen LogP contribution < -0.4 is 24.0 Å². The molecule has 1 atom stereocenters. The zero-order chi connectivity index (χ0) is 14.2. The lowest BCUT2D eigenvalue weighted by Crippen LogP contribution is -3.00. The van der Waals surface area contributed by atoms with Gasteiger partial charge in [-0.1, -0.05) is 17.7 Å². The Hall–Kier alpha value is -0.910. The molecule has 0 spiro atoms. The topological polar surface area (TPSA) is 29.3 Å². The van der Waals surface area contributed by atoms with E-state index in [1.807, 2.05) is 7.05 Å². The maximum Gasteiger partial charge on any atom is 0.375 e. The first kappa shape index (κ1) is 17.1. The lowest BCUT2D eigenvalue weighted by atomic mass is 9.95. The number of halogens is 1. The number of benzene rings is 1. The summed E-state index contributed by atoms with van der Waals surface area (Å²) in [4.78, 5) is 11.7. The highest BCUT2D eigenvalue weighted by Gasteiger charge is 2.38. The molecule has 1 heterocycles. The van der Waals surface area contributed by atoms with Crippen molar-refractivity contribution in [3.63, 3.8) is 0 Å². The second-order valence-corrected chi connectivity index (χ2v) is 5.41. The minimum absolute atomic E-state index is 0. The number of hydrogen-bond donors (Lipinski definition) is 0. The fourth-order valence-electron chi connectivity index (χ4n) is 3.18. The zero-order valence-electron chi connectivity index (χ0n) is 12.8. The Morgan fingerprint density at radius 3 is 2.30 bits per heavy atom. The largest absolute Gasteiger partial charge is 1.00 e. The highest BCUT2D eigenvalue weighted by Crippen LogP contribution is 2.24. The van der Waals surface area contributed by atoms with Crippen LogP contribution in [0.2, 0.25) is 0 Å². The molecule has 3 nitrogen and oxygen atoms in total. The van der Waals surface area contributed by atoms with Gasteiger partial charge in [0.2, 0.25) is 6.04 Å². The van der Waals surface area contributed by atoms with E-state index in [1.165, 1.54) is 35.1 Å². The van der Waals surface area contributed by atoms with Crippen molar-refractivity contribution in [2.24, 2.45) is 0 Å². The molecule has 0 N–H and O–H groups in total. The molecule has 1 aliphatic rings. The summed E-state index contributed by atoms with van der Waals surface area (Å²) in [6.45, 7) is 6.40. The summed E-state index contributed by atoms with van der Waals surface area (Å²) in [5.41, 5.74) is 6.39. The molecule has 4 heteroatoms. The number of hydrogen-bond acceptors (Lipinski definition) is 2. The van der Waals surface area contributed by atoms with E-state index < -0.39 is 0 Å². The van der Waals surface area contributed by atoms with Crippen molar-refractivity contribution in [2.45, 2.75) is 39.7 Å². The van der Waals surface area contributed by atoms with Crippen LogP contribution in [0.4, 0.5) is 0 Å². The Morgan fingerprint density at radius 2 is 1.80 bits per heavy atom. The number of likely N-dealkylation sites (N-methyl/N-ethyl adjacent to an activating group) is 1. The lowest BCUT2D eigenvalue weighted by Gasteiger charge is -2.10. The van der Waals surface area contributed by atoms with Crippen molar-refractivity contribution in [1.82, 2.24) is 0 Å². The summed E-state index contributed by atoms with van der Waals surface area (Å²) < 4.78 is 6.95. The van der Waals surface area contributed by atoms with Gasteiger partial charge in [0.15, 0.2) is 5.71 Å². The minimum Gasteiger partial charge on any atom is -1.00 e. The highest BCUT2D eigenvalue weighted by atomic mass is 127. The minimum atomic E-state index is -0.139. The number of ether oxygens (including phenoxy) is 1. The molecule has 1 aromatic rings. The molecule has 0 saturated carbocycles. The zero-order valence-corrected chi connectivity index (χ0v) is 14.9. The van der Waals surface area contributed by atoms with Crippen LogP contribution in [0.3, 0.4) is 0 Å². The van der Waals surface area contributed by atoms with Crippen molar-refractivity contribution in [1.29, 1.82) is 0 Å². The van der Waals surface area contributed by atoms with Crippen LogP contribution in [0.25, 0.3) is 0 Å². The molecule has 20 heavy (non-hydrogen) atoms.